The second kappa shape index (κ2) is 4.71. The highest BCUT2D eigenvalue weighted by Gasteiger charge is 2.04. The molecule has 16 heavy (non-hydrogen) atoms. The zero-order valence-electron chi connectivity index (χ0n) is 8.61. The van der Waals surface area contributed by atoms with Crippen LogP contribution in [0.3, 0.4) is 0 Å². The summed E-state index contributed by atoms with van der Waals surface area (Å²) in [6.45, 7) is 1.76. The van der Waals surface area contributed by atoms with Crippen LogP contribution in [0.4, 0.5) is 5.69 Å². The van der Waals surface area contributed by atoms with Crippen molar-refractivity contribution in [2.75, 3.05) is 0 Å². The van der Waals surface area contributed by atoms with Crippen LogP contribution < -0.4 is 17.2 Å². The van der Waals surface area contributed by atoms with Crippen molar-refractivity contribution in [3.8, 4) is 5.75 Å². The molecule has 0 aliphatic rings. The molecule has 0 aliphatic heterocycles. The number of hydrogen-bond acceptors (Lipinski definition) is 2. The molecule has 0 aromatic heterocycles. The molecule has 0 radical (unpaired) electrons. The van der Waals surface area contributed by atoms with Crippen LogP contribution in [0.25, 0.3) is 0 Å². The van der Waals surface area contributed by atoms with E-state index in [1.54, 1.807) is 6.92 Å². The number of phenols is 1. The Morgan fingerprint density at radius 1 is 1.31 bits per heavy atom. The first kappa shape index (κ1) is 12.1. The van der Waals surface area contributed by atoms with E-state index in [9.17, 15) is 5.11 Å². The number of aromatic hydroxyl groups is 1. The normalized spacial score (nSPS) is 11.2. The second-order valence-corrected chi connectivity index (χ2v) is 3.50. The van der Waals surface area contributed by atoms with Gasteiger partial charge in [0.2, 0.25) is 5.96 Å². The maximum Gasteiger partial charge on any atom is 0.223 e. The van der Waals surface area contributed by atoms with Gasteiger partial charge in [0.15, 0.2) is 5.96 Å². The standard InChI is InChI=1S/C9H12ClN5O/c1-4-2-7(16)6(3-5(4)10)14-9(13)15-8(11)12/h2-3,16H,1H3,(H6,11,12,13,14,15). The number of halogens is 1. The molecule has 0 unspecified atom stereocenters. The van der Waals surface area contributed by atoms with Crippen LogP contribution >= 0.6 is 11.6 Å². The van der Waals surface area contributed by atoms with Crippen LogP contribution in [0.15, 0.2) is 22.1 Å². The fourth-order valence-electron chi connectivity index (χ4n) is 1.03. The zero-order chi connectivity index (χ0) is 12.3. The van der Waals surface area contributed by atoms with Crippen LogP contribution in [0.1, 0.15) is 5.56 Å². The molecule has 0 saturated carbocycles. The predicted octanol–water partition coefficient (Wildman–Crippen LogP) is 0.574. The Morgan fingerprint density at radius 2 is 1.94 bits per heavy atom. The van der Waals surface area contributed by atoms with Crippen molar-refractivity contribution in [1.29, 1.82) is 0 Å². The van der Waals surface area contributed by atoms with Crippen molar-refractivity contribution in [2.24, 2.45) is 27.2 Å². The number of aliphatic imine (C=N–C) groups is 2. The molecule has 1 rings (SSSR count). The van der Waals surface area contributed by atoms with E-state index in [1.807, 2.05) is 0 Å². The number of hydrogen-bond donors (Lipinski definition) is 4. The Labute approximate surface area is 97.4 Å². The highest BCUT2D eigenvalue weighted by atomic mass is 35.5. The lowest BCUT2D eigenvalue weighted by atomic mass is 10.2. The quantitative estimate of drug-likeness (QED) is 0.424. The second-order valence-electron chi connectivity index (χ2n) is 3.10. The fraction of sp³-hybridized carbons (Fsp3) is 0.111. The Hall–Kier alpha value is -1.95. The molecule has 7 heteroatoms. The molecule has 0 saturated heterocycles. The minimum Gasteiger partial charge on any atom is -0.506 e. The molecule has 0 fully saturated rings. The van der Waals surface area contributed by atoms with E-state index in [-0.39, 0.29) is 23.4 Å². The van der Waals surface area contributed by atoms with Gasteiger partial charge < -0.3 is 22.3 Å². The number of rotatable bonds is 1. The third kappa shape index (κ3) is 3.03. The first-order chi connectivity index (χ1) is 7.40. The minimum absolute atomic E-state index is 0.0457. The molecule has 0 heterocycles. The summed E-state index contributed by atoms with van der Waals surface area (Å²) >= 11 is 5.87. The number of benzene rings is 1. The van der Waals surface area contributed by atoms with Crippen LogP contribution in [0, 0.1) is 6.92 Å². The van der Waals surface area contributed by atoms with Crippen molar-refractivity contribution in [3.05, 3.63) is 22.7 Å². The Balaban J connectivity index is 3.15. The van der Waals surface area contributed by atoms with Gasteiger partial charge in [-0.25, -0.2) is 4.99 Å². The van der Waals surface area contributed by atoms with Crippen molar-refractivity contribution in [2.45, 2.75) is 6.92 Å². The van der Waals surface area contributed by atoms with Gasteiger partial charge in [-0.2, -0.15) is 4.99 Å². The topological polar surface area (TPSA) is 123 Å². The van der Waals surface area contributed by atoms with Gasteiger partial charge in [-0.15, -0.1) is 0 Å². The lowest BCUT2D eigenvalue weighted by Crippen LogP contribution is -2.26. The molecule has 0 atom stereocenters. The summed E-state index contributed by atoms with van der Waals surface area (Å²) < 4.78 is 0. The number of nitrogens with zero attached hydrogens (tertiary/aromatic N) is 2. The number of aryl methyl sites for hydroxylation is 1. The largest absolute Gasteiger partial charge is 0.506 e. The molecule has 0 spiro atoms. The average Bonchev–Trinajstić information content (AvgIpc) is 2.12. The number of phenolic OH excluding ortho intramolecular Hbond substituents is 1. The van der Waals surface area contributed by atoms with E-state index >= 15 is 0 Å². The minimum atomic E-state index is -0.209. The highest BCUT2D eigenvalue weighted by Crippen LogP contribution is 2.32. The Bertz CT molecular complexity index is 465. The summed E-state index contributed by atoms with van der Waals surface area (Å²) in [6, 6.07) is 2.95. The van der Waals surface area contributed by atoms with Crippen LogP contribution in [-0.4, -0.2) is 17.0 Å². The molecular weight excluding hydrogens is 230 g/mol. The Kier molecular flexibility index (Phi) is 3.57. The van der Waals surface area contributed by atoms with Gasteiger partial charge >= 0.3 is 0 Å². The molecule has 86 valence electrons. The van der Waals surface area contributed by atoms with Crippen molar-refractivity contribution in [1.82, 2.24) is 0 Å². The van der Waals surface area contributed by atoms with Crippen molar-refractivity contribution >= 4 is 29.2 Å². The lowest BCUT2D eigenvalue weighted by Gasteiger charge is -2.03. The van der Waals surface area contributed by atoms with Crippen molar-refractivity contribution in [3.63, 3.8) is 0 Å². The summed E-state index contributed by atoms with van der Waals surface area (Å²) in [5.74, 6) is -0.412. The predicted molar refractivity (Wildman–Crippen MR) is 64.9 cm³/mol. The molecule has 0 aliphatic carbocycles. The van der Waals surface area contributed by atoms with Gasteiger partial charge in [0, 0.05) is 5.02 Å². The summed E-state index contributed by atoms with van der Waals surface area (Å²) in [5, 5.41) is 10.0. The van der Waals surface area contributed by atoms with E-state index in [2.05, 4.69) is 9.98 Å². The van der Waals surface area contributed by atoms with Gasteiger partial charge in [0.1, 0.15) is 11.4 Å². The van der Waals surface area contributed by atoms with Crippen LogP contribution in [0.5, 0.6) is 5.75 Å². The van der Waals surface area contributed by atoms with E-state index in [0.717, 1.165) is 5.56 Å². The maximum atomic E-state index is 9.57. The molecule has 6 nitrogen and oxygen atoms in total. The zero-order valence-corrected chi connectivity index (χ0v) is 9.36. The number of guanidine groups is 2. The average molecular weight is 242 g/mol. The Morgan fingerprint density at radius 3 is 2.50 bits per heavy atom. The summed E-state index contributed by atoms with van der Waals surface area (Å²) in [5.41, 5.74) is 16.6. The summed E-state index contributed by atoms with van der Waals surface area (Å²) in [7, 11) is 0. The molecule has 7 N–H and O–H groups in total. The van der Waals surface area contributed by atoms with Crippen LogP contribution in [0.2, 0.25) is 5.02 Å². The molecule has 1 aromatic rings. The van der Waals surface area contributed by atoms with Gasteiger partial charge in [-0.1, -0.05) is 11.6 Å². The van der Waals surface area contributed by atoms with E-state index in [1.165, 1.54) is 12.1 Å². The molecular formula is C9H12ClN5O. The van der Waals surface area contributed by atoms with Gasteiger partial charge in [0.25, 0.3) is 0 Å². The summed E-state index contributed by atoms with van der Waals surface area (Å²) in [4.78, 5) is 7.32. The molecule has 0 bridgehead atoms. The fourth-order valence-corrected chi connectivity index (χ4v) is 1.18. The third-order valence-corrected chi connectivity index (χ3v) is 2.14. The SMILES string of the molecule is Cc1cc(O)c(N=C(N)N=C(N)N)cc1Cl. The highest BCUT2D eigenvalue weighted by molar-refractivity contribution is 6.31. The lowest BCUT2D eigenvalue weighted by molar-refractivity contribution is 0.476. The van der Waals surface area contributed by atoms with Gasteiger partial charge in [0.05, 0.1) is 0 Å². The van der Waals surface area contributed by atoms with E-state index in [0.29, 0.717) is 5.02 Å². The van der Waals surface area contributed by atoms with Crippen molar-refractivity contribution < 1.29 is 5.11 Å². The van der Waals surface area contributed by atoms with Gasteiger partial charge in [-0.05, 0) is 24.6 Å². The van der Waals surface area contributed by atoms with Gasteiger partial charge in [-0.3, -0.25) is 0 Å². The van der Waals surface area contributed by atoms with E-state index < -0.39 is 0 Å². The molecule has 1 aromatic carbocycles. The number of nitrogens with two attached hydrogens (primary N) is 3. The maximum absolute atomic E-state index is 9.57. The molecule has 0 amide bonds. The first-order valence-electron chi connectivity index (χ1n) is 4.33. The van der Waals surface area contributed by atoms with E-state index in [4.69, 9.17) is 28.8 Å². The first-order valence-corrected chi connectivity index (χ1v) is 4.71. The summed E-state index contributed by atoms with van der Waals surface area (Å²) in [6.07, 6.45) is 0. The third-order valence-electron chi connectivity index (χ3n) is 1.73. The smallest absolute Gasteiger partial charge is 0.223 e. The van der Waals surface area contributed by atoms with Crippen LogP contribution in [-0.2, 0) is 0 Å². The monoisotopic (exact) mass is 241 g/mol.